The zero-order chi connectivity index (χ0) is 8.97. The third-order valence-corrected chi connectivity index (χ3v) is 1.92. The average Bonchev–Trinajstić information content (AvgIpc) is 2.17. The van der Waals surface area contributed by atoms with Gasteiger partial charge in [-0.1, -0.05) is 0 Å². The van der Waals surface area contributed by atoms with Gasteiger partial charge in [-0.25, -0.2) is 5.06 Å². The van der Waals surface area contributed by atoms with Crippen LogP contribution in [0.2, 0.25) is 0 Å². The Morgan fingerprint density at radius 3 is 2.83 bits per heavy atom. The SMILES string of the molecule is CON(C)C(=O)C1CNCCN1. The van der Waals surface area contributed by atoms with E-state index in [1.807, 2.05) is 0 Å². The van der Waals surface area contributed by atoms with Crippen LogP contribution >= 0.6 is 0 Å². The summed E-state index contributed by atoms with van der Waals surface area (Å²) in [4.78, 5) is 16.2. The maximum Gasteiger partial charge on any atom is 0.264 e. The molecule has 0 aromatic heterocycles. The zero-order valence-electron chi connectivity index (χ0n) is 7.46. The van der Waals surface area contributed by atoms with Crippen molar-refractivity contribution in [3.63, 3.8) is 0 Å². The second-order valence-corrected chi connectivity index (χ2v) is 2.73. The van der Waals surface area contributed by atoms with Gasteiger partial charge in [0.2, 0.25) is 0 Å². The lowest BCUT2D eigenvalue weighted by Gasteiger charge is -2.26. The van der Waals surface area contributed by atoms with Crippen LogP contribution in [0, 0.1) is 0 Å². The molecule has 1 heterocycles. The van der Waals surface area contributed by atoms with Gasteiger partial charge in [-0.3, -0.25) is 9.63 Å². The van der Waals surface area contributed by atoms with Crippen LogP contribution in [0.3, 0.4) is 0 Å². The van der Waals surface area contributed by atoms with Crippen molar-refractivity contribution in [1.29, 1.82) is 0 Å². The predicted molar refractivity (Wildman–Crippen MR) is 44.4 cm³/mol. The number of hydrogen-bond donors (Lipinski definition) is 2. The van der Waals surface area contributed by atoms with Crippen LogP contribution in [-0.4, -0.2) is 50.8 Å². The van der Waals surface area contributed by atoms with Crippen molar-refractivity contribution in [2.24, 2.45) is 0 Å². The van der Waals surface area contributed by atoms with Gasteiger partial charge in [-0.05, 0) is 0 Å². The summed E-state index contributed by atoms with van der Waals surface area (Å²) >= 11 is 0. The Labute approximate surface area is 72.0 Å². The van der Waals surface area contributed by atoms with Crippen molar-refractivity contribution in [2.75, 3.05) is 33.8 Å². The van der Waals surface area contributed by atoms with E-state index < -0.39 is 0 Å². The molecule has 5 heteroatoms. The molecule has 1 saturated heterocycles. The molecule has 1 unspecified atom stereocenters. The highest BCUT2D eigenvalue weighted by molar-refractivity contribution is 5.81. The molecule has 0 saturated carbocycles. The van der Waals surface area contributed by atoms with E-state index in [2.05, 4.69) is 10.6 Å². The van der Waals surface area contributed by atoms with Crippen LogP contribution in [0.5, 0.6) is 0 Å². The van der Waals surface area contributed by atoms with Gasteiger partial charge in [-0.2, -0.15) is 0 Å². The number of carbonyl (C=O) groups excluding carboxylic acids is 1. The number of nitrogens with one attached hydrogen (secondary N) is 2. The largest absolute Gasteiger partial charge is 0.313 e. The maximum atomic E-state index is 11.4. The first-order chi connectivity index (χ1) is 5.75. The molecule has 1 aliphatic rings. The highest BCUT2D eigenvalue weighted by atomic mass is 16.7. The van der Waals surface area contributed by atoms with E-state index in [-0.39, 0.29) is 11.9 Å². The zero-order valence-corrected chi connectivity index (χ0v) is 7.46. The number of hydroxylamine groups is 2. The van der Waals surface area contributed by atoms with Gasteiger partial charge in [0.1, 0.15) is 6.04 Å². The highest BCUT2D eigenvalue weighted by Crippen LogP contribution is 1.93. The number of likely N-dealkylation sites (N-methyl/N-ethyl adjacent to an activating group) is 1. The normalized spacial score (nSPS) is 23.7. The lowest BCUT2D eigenvalue weighted by atomic mass is 10.2. The van der Waals surface area contributed by atoms with Crippen molar-refractivity contribution in [3.05, 3.63) is 0 Å². The second-order valence-electron chi connectivity index (χ2n) is 2.73. The summed E-state index contributed by atoms with van der Waals surface area (Å²) in [5, 5.41) is 7.47. The van der Waals surface area contributed by atoms with Crippen molar-refractivity contribution in [1.82, 2.24) is 15.7 Å². The van der Waals surface area contributed by atoms with Crippen molar-refractivity contribution in [2.45, 2.75) is 6.04 Å². The quantitative estimate of drug-likeness (QED) is 0.503. The number of hydrogen-bond acceptors (Lipinski definition) is 4. The minimum absolute atomic E-state index is 0.0373. The van der Waals surface area contributed by atoms with Gasteiger partial charge in [0.25, 0.3) is 5.91 Å². The molecule has 0 aromatic rings. The Balaban J connectivity index is 2.39. The third-order valence-electron chi connectivity index (χ3n) is 1.92. The maximum absolute atomic E-state index is 11.4. The van der Waals surface area contributed by atoms with E-state index in [1.165, 1.54) is 12.2 Å². The van der Waals surface area contributed by atoms with Gasteiger partial charge < -0.3 is 10.6 Å². The predicted octanol–water partition coefficient (Wildman–Crippen LogP) is -1.43. The van der Waals surface area contributed by atoms with E-state index in [9.17, 15) is 4.79 Å². The fourth-order valence-corrected chi connectivity index (χ4v) is 1.14. The number of carbonyl (C=O) groups is 1. The first-order valence-corrected chi connectivity index (χ1v) is 4.01. The molecule has 0 radical (unpaired) electrons. The summed E-state index contributed by atoms with van der Waals surface area (Å²) < 4.78 is 0. The molecule has 1 amide bonds. The third kappa shape index (κ3) is 2.17. The molecule has 0 aromatic carbocycles. The fourth-order valence-electron chi connectivity index (χ4n) is 1.14. The van der Waals surface area contributed by atoms with E-state index in [0.29, 0.717) is 6.54 Å². The van der Waals surface area contributed by atoms with Gasteiger partial charge in [0.15, 0.2) is 0 Å². The number of nitrogens with zero attached hydrogens (tertiary/aromatic N) is 1. The van der Waals surface area contributed by atoms with E-state index >= 15 is 0 Å². The monoisotopic (exact) mass is 173 g/mol. The summed E-state index contributed by atoms with van der Waals surface area (Å²) in [5.41, 5.74) is 0. The molecule has 0 spiro atoms. The Bertz CT molecular complexity index is 157. The molecular formula is C7H15N3O2. The highest BCUT2D eigenvalue weighted by Gasteiger charge is 2.23. The van der Waals surface area contributed by atoms with Crippen LogP contribution in [0.1, 0.15) is 0 Å². The molecular weight excluding hydrogens is 158 g/mol. The van der Waals surface area contributed by atoms with Crippen LogP contribution in [0.4, 0.5) is 0 Å². The Morgan fingerprint density at radius 2 is 2.33 bits per heavy atom. The Kier molecular flexibility index (Phi) is 3.46. The average molecular weight is 173 g/mol. The summed E-state index contributed by atoms with van der Waals surface area (Å²) in [6.07, 6.45) is 0. The first kappa shape index (κ1) is 9.44. The van der Waals surface area contributed by atoms with Gasteiger partial charge in [-0.15, -0.1) is 0 Å². The van der Waals surface area contributed by atoms with E-state index in [1.54, 1.807) is 7.05 Å². The molecule has 1 fully saturated rings. The Hall–Kier alpha value is -0.650. The number of rotatable bonds is 2. The smallest absolute Gasteiger partial charge is 0.264 e. The first-order valence-electron chi connectivity index (χ1n) is 4.01. The van der Waals surface area contributed by atoms with Crippen LogP contribution < -0.4 is 10.6 Å². The fraction of sp³-hybridized carbons (Fsp3) is 0.857. The summed E-state index contributed by atoms with van der Waals surface area (Å²) in [6.45, 7) is 2.42. The topological polar surface area (TPSA) is 53.6 Å². The molecule has 0 aliphatic carbocycles. The standard InChI is InChI=1S/C7H15N3O2/c1-10(12-2)7(11)6-5-8-3-4-9-6/h6,8-9H,3-5H2,1-2H3. The molecule has 2 N–H and O–H groups in total. The van der Waals surface area contributed by atoms with E-state index in [4.69, 9.17) is 4.84 Å². The summed E-state index contributed by atoms with van der Waals surface area (Å²) in [5.74, 6) is -0.0373. The lowest BCUT2D eigenvalue weighted by Crippen LogP contribution is -2.55. The molecule has 1 aliphatic heterocycles. The van der Waals surface area contributed by atoms with Crippen LogP contribution in [0.25, 0.3) is 0 Å². The minimum Gasteiger partial charge on any atom is -0.313 e. The van der Waals surface area contributed by atoms with Gasteiger partial charge in [0, 0.05) is 26.7 Å². The van der Waals surface area contributed by atoms with Gasteiger partial charge in [0.05, 0.1) is 7.11 Å². The molecule has 1 atom stereocenters. The second kappa shape index (κ2) is 4.39. The van der Waals surface area contributed by atoms with Crippen molar-refractivity contribution >= 4 is 5.91 Å². The van der Waals surface area contributed by atoms with Gasteiger partial charge >= 0.3 is 0 Å². The van der Waals surface area contributed by atoms with Crippen molar-refractivity contribution < 1.29 is 9.63 Å². The lowest BCUT2D eigenvalue weighted by molar-refractivity contribution is -0.171. The summed E-state index contributed by atoms with van der Waals surface area (Å²) in [7, 11) is 3.09. The minimum atomic E-state index is -0.149. The van der Waals surface area contributed by atoms with E-state index in [0.717, 1.165) is 13.1 Å². The molecule has 5 nitrogen and oxygen atoms in total. The van der Waals surface area contributed by atoms with Crippen LogP contribution in [-0.2, 0) is 9.63 Å². The van der Waals surface area contributed by atoms with Crippen LogP contribution in [0.15, 0.2) is 0 Å². The molecule has 1 rings (SSSR count). The number of piperazine rings is 1. The molecule has 70 valence electrons. The van der Waals surface area contributed by atoms with Crippen molar-refractivity contribution in [3.8, 4) is 0 Å². The summed E-state index contributed by atoms with van der Waals surface area (Å²) in [6, 6.07) is -0.149. The molecule has 0 bridgehead atoms. The Morgan fingerprint density at radius 1 is 1.58 bits per heavy atom. The number of amides is 1. The molecule has 12 heavy (non-hydrogen) atoms.